The maximum Gasteiger partial charge on any atom is 0.270 e. The molecule has 0 aliphatic carbocycles. The van der Waals surface area contributed by atoms with Gasteiger partial charge >= 0.3 is 0 Å². The van der Waals surface area contributed by atoms with Crippen LogP contribution < -0.4 is 10.6 Å². The number of amides is 1. The second kappa shape index (κ2) is 5.66. The van der Waals surface area contributed by atoms with Gasteiger partial charge in [0.2, 0.25) is 0 Å². The number of pyridine rings is 1. The first-order valence-electron chi connectivity index (χ1n) is 5.95. The van der Waals surface area contributed by atoms with E-state index in [-0.39, 0.29) is 11.4 Å². The zero-order valence-electron chi connectivity index (χ0n) is 11.0. The molecule has 1 amide bonds. The molecule has 0 fully saturated rings. The number of anilines is 1. The molecule has 0 radical (unpaired) electrons. The van der Waals surface area contributed by atoms with Crippen molar-refractivity contribution in [3.63, 3.8) is 0 Å². The Morgan fingerprint density at radius 2 is 2.18 bits per heavy atom. The van der Waals surface area contributed by atoms with E-state index in [2.05, 4.69) is 22.5 Å². The summed E-state index contributed by atoms with van der Waals surface area (Å²) in [5.41, 5.74) is 1.14. The van der Waals surface area contributed by atoms with Gasteiger partial charge in [-0.1, -0.05) is 13.3 Å². The van der Waals surface area contributed by atoms with E-state index >= 15 is 0 Å². The van der Waals surface area contributed by atoms with E-state index in [1.54, 1.807) is 12.3 Å². The molecule has 0 bridgehead atoms. The number of aromatic nitrogens is 1. The highest BCUT2D eigenvalue weighted by Gasteiger charge is 2.20. The molecule has 0 aromatic carbocycles. The van der Waals surface area contributed by atoms with Crippen LogP contribution >= 0.6 is 0 Å². The zero-order chi connectivity index (χ0) is 12.9. The Labute approximate surface area is 103 Å². The predicted molar refractivity (Wildman–Crippen MR) is 70.2 cm³/mol. The molecule has 4 heteroatoms. The molecule has 0 aliphatic heterocycles. The molecule has 1 heterocycles. The Hall–Kier alpha value is -1.58. The van der Waals surface area contributed by atoms with Gasteiger partial charge < -0.3 is 10.6 Å². The number of hydrogen-bond donors (Lipinski definition) is 2. The number of nitrogens with one attached hydrogen (secondary N) is 2. The molecule has 0 aliphatic rings. The Morgan fingerprint density at radius 3 is 2.76 bits per heavy atom. The number of rotatable bonds is 5. The second-order valence-electron chi connectivity index (χ2n) is 4.77. The van der Waals surface area contributed by atoms with E-state index in [1.165, 1.54) is 0 Å². The molecule has 1 aromatic heterocycles. The van der Waals surface area contributed by atoms with Crippen molar-refractivity contribution in [2.75, 3.05) is 12.4 Å². The molecule has 4 nitrogen and oxygen atoms in total. The van der Waals surface area contributed by atoms with Crippen LogP contribution in [0.2, 0.25) is 0 Å². The van der Waals surface area contributed by atoms with Gasteiger partial charge in [0.05, 0.1) is 0 Å². The van der Waals surface area contributed by atoms with Crippen LogP contribution in [-0.2, 0) is 0 Å². The van der Waals surface area contributed by atoms with Crippen LogP contribution in [0, 0.1) is 0 Å². The van der Waals surface area contributed by atoms with Crippen molar-refractivity contribution in [1.29, 1.82) is 0 Å². The van der Waals surface area contributed by atoms with Gasteiger partial charge in [0.1, 0.15) is 5.69 Å². The standard InChI is InChI=1S/C13H21N3O/c1-5-7-13(2,3)16-12(17)11-9-10(14-4)6-8-15-11/h6,8-9H,5,7H2,1-4H3,(H,14,15)(H,16,17). The SMILES string of the molecule is CCCC(C)(C)NC(=O)c1cc(NC)ccn1. The van der Waals surface area contributed by atoms with Crippen LogP contribution in [0.25, 0.3) is 0 Å². The second-order valence-corrected chi connectivity index (χ2v) is 4.77. The maximum absolute atomic E-state index is 12.0. The quantitative estimate of drug-likeness (QED) is 0.824. The summed E-state index contributed by atoms with van der Waals surface area (Å²) in [5, 5.41) is 5.99. The van der Waals surface area contributed by atoms with Crippen molar-refractivity contribution in [2.45, 2.75) is 39.2 Å². The summed E-state index contributed by atoms with van der Waals surface area (Å²) in [6, 6.07) is 3.57. The van der Waals surface area contributed by atoms with Gasteiger partial charge in [-0.15, -0.1) is 0 Å². The fourth-order valence-electron chi connectivity index (χ4n) is 1.77. The first-order valence-corrected chi connectivity index (χ1v) is 5.95. The minimum absolute atomic E-state index is 0.124. The highest BCUT2D eigenvalue weighted by Crippen LogP contribution is 2.13. The van der Waals surface area contributed by atoms with E-state index in [0.29, 0.717) is 5.69 Å². The molecule has 0 atom stereocenters. The van der Waals surface area contributed by atoms with Crippen molar-refractivity contribution in [3.05, 3.63) is 24.0 Å². The third-order valence-corrected chi connectivity index (χ3v) is 2.61. The third kappa shape index (κ3) is 4.06. The summed E-state index contributed by atoms with van der Waals surface area (Å²) in [5.74, 6) is -0.124. The van der Waals surface area contributed by atoms with Crippen molar-refractivity contribution < 1.29 is 4.79 Å². The average Bonchev–Trinajstić information content (AvgIpc) is 2.28. The van der Waals surface area contributed by atoms with Gasteiger partial charge in [0.25, 0.3) is 5.91 Å². The number of nitrogens with zero attached hydrogens (tertiary/aromatic N) is 1. The van der Waals surface area contributed by atoms with Crippen LogP contribution in [0.5, 0.6) is 0 Å². The zero-order valence-corrected chi connectivity index (χ0v) is 11.0. The fraction of sp³-hybridized carbons (Fsp3) is 0.538. The van der Waals surface area contributed by atoms with Crippen molar-refractivity contribution in [2.24, 2.45) is 0 Å². The third-order valence-electron chi connectivity index (χ3n) is 2.61. The molecular weight excluding hydrogens is 214 g/mol. The molecular formula is C13H21N3O. The summed E-state index contributed by atoms with van der Waals surface area (Å²) >= 11 is 0. The average molecular weight is 235 g/mol. The molecule has 1 aromatic rings. The number of carbonyl (C=O) groups excluding carboxylic acids is 1. The summed E-state index contributed by atoms with van der Waals surface area (Å²) in [4.78, 5) is 16.1. The summed E-state index contributed by atoms with van der Waals surface area (Å²) in [6.45, 7) is 6.15. The maximum atomic E-state index is 12.0. The fourth-order valence-corrected chi connectivity index (χ4v) is 1.77. The van der Waals surface area contributed by atoms with Crippen LogP contribution in [-0.4, -0.2) is 23.5 Å². The summed E-state index contributed by atoms with van der Waals surface area (Å²) < 4.78 is 0. The molecule has 1 rings (SSSR count). The lowest BCUT2D eigenvalue weighted by Crippen LogP contribution is -2.43. The highest BCUT2D eigenvalue weighted by molar-refractivity contribution is 5.93. The van der Waals surface area contributed by atoms with Crippen molar-refractivity contribution >= 4 is 11.6 Å². The summed E-state index contributed by atoms with van der Waals surface area (Å²) in [6.07, 6.45) is 3.62. The minimum Gasteiger partial charge on any atom is -0.388 e. The minimum atomic E-state index is -0.191. The molecule has 0 saturated heterocycles. The van der Waals surface area contributed by atoms with E-state index in [0.717, 1.165) is 18.5 Å². The normalized spacial score (nSPS) is 11.1. The van der Waals surface area contributed by atoms with E-state index in [4.69, 9.17) is 0 Å². The lowest BCUT2D eigenvalue weighted by molar-refractivity contribution is 0.0904. The van der Waals surface area contributed by atoms with E-state index in [9.17, 15) is 4.79 Å². The van der Waals surface area contributed by atoms with Gasteiger partial charge in [-0.05, 0) is 32.4 Å². The lowest BCUT2D eigenvalue weighted by atomic mass is 9.99. The molecule has 0 unspecified atom stereocenters. The predicted octanol–water partition coefficient (Wildman–Crippen LogP) is 2.43. The molecule has 2 N–H and O–H groups in total. The Morgan fingerprint density at radius 1 is 1.47 bits per heavy atom. The van der Waals surface area contributed by atoms with Gasteiger partial charge in [0.15, 0.2) is 0 Å². The molecule has 17 heavy (non-hydrogen) atoms. The summed E-state index contributed by atoms with van der Waals surface area (Å²) in [7, 11) is 1.82. The largest absolute Gasteiger partial charge is 0.388 e. The van der Waals surface area contributed by atoms with E-state index in [1.807, 2.05) is 27.0 Å². The molecule has 0 saturated carbocycles. The Kier molecular flexibility index (Phi) is 4.49. The van der Waals surface area contributed by atoms with Gasteiger partial charge in [-0.2, -0.15) is 0 Å². The Balaban J connectivity index is 2.75. The van der Waals surface area contributed by atoms with Crippen LogP contribution in [0.4, 0.5) is 5.69 Å². The first-order chi connectivity index (χ1) is 7.98. The van der Waals surface area contributed by atoms with Crippen LogP contribution in [0.1, 0.15) is 44.1 Å². The molecule has 0 spiro atoms. The first kappa shape index (κ1) is 13.5. The monoisotopic (exact) mass is 235 g/mol. The van der Waals surface area contributed by atoms with Gasteiger partial charge in [0, 0.05) is 24.5 Å². The topological polar surface area (TPSA) is 54.0 Å². The van der Waals surface area contributed by atoms with Gasteiger partial charge in [-0.25, -0.2) is 0 Å². The Bertz CT molecular complexity index is 388. The number of hydrogen-bond acceptors (Lipinski definition) is 3. The smallest absolute Gasteiger partial charge is 0.270 e. The van der Waals surface area contributed by atoms with Gasteiger partial charge in [-0.3, -0.25) is 9.78 Å². The van der Waals surface area contributed by atoms with Crippen LogP contribution in [0.15, 0.2) is 18.3 Å². The van der Waals surface area contributed by atoms with Crippen LogP contribution in [0.3, 0.4) is 0 Å². The highest BCUT2D eigenvalue weighted by atomic mass is 16.2. The van der Waals surface area contributed by atoms with E-state index < -0.39 is 0 Å². The van der Waals surface area contributed by atoms with Crippen molar-refractivity contribution in [1.82, 2.24) is 10.3 Å². The van der Waals surface area contributed by atoms with Crippen molar-refractivity contribution in [3.8, 4) is 0 Å². The number of carbonyl (C=O) groups is 1. The molecule has 94 valence electrons. The lowest BCUT2D eigenvalue weighted by Gasteiger charge is -2.25.